The van der Waals surface area contributed by atoms with Gasteiger partial charge in [0.25, 0.3) is 0 Å². The van der Waals surface area contributed by atoms with Gasteiger partial charge in [-0.25, -0.2) is 4.39 Å². The van der Waals surface area contributed by atoms with Gasteiger partial charge < -0.3 is 15.4 Å². The average Bonchev–Trinajstić information content (AvgIpc) is 3.28. The second-order valence-electron chi connectivity index (χ2n) is 6.10. The maximum atomic E-state index is 13.6. The zero-order valence-corrected chi connectivity index (χ0v) is 16.3. The number of ether oxygens (including phenoxy) is 1. The van der Waals surface area contributed by atoms with E-state index >= 15 is 0 Å². The fourth-order valence-electron chi connectivity index (χ4n) is 2.45. The van der Waals surface area contributed by atoms with E-state index in [1.165, 1.54) is 29.2 Å². The lowest BCUT2D eigenvalue weighted by molar-refractivity contribution is -0.115. The number of nitrogens with one attached hydrogen (secondary N) is 2. The Morgan fingerprint density at radius 2 is 2.35 bits per heavy atom. The topological polar surface area (TPSA) is 76.1 Å². The molecule has 1 aliphatic heterocycles. The van der Waals surface area contributed by atoms with Gasteiger partial charge in [-0.1, -0.05) is 29.2 Å². The van der Waals surface area contributed by atoms with Gasteiger partial charge in [-0.15, -0.1) is 10.2 Å². The molecule has 1 amide bonds. The minimum atomic E-state index is -0.377. The third-order valence-electron chi connectivity index (χ3n) is 4.00. The van der Waals surface area contributed by atoms with Gasteiger partial charge in [-0.3, -0.25) is 4.79 Å². The highest BCUT2D eigenvalue weighted by molar-refractivity contribution is 8.02. The molecule has 0 bridgehead atoms. The number of rotatable bonds is 7. The zero-order chi connectivity index (χ0) is 18.5. The first-order chi connectivity index (χ1) is 12.5. The van der Waals surface area contributed by atoms with Crippen molar-refractivity contribution in [3.63, 3.8) is 0 Å². The minimum Gasteiger partial charge on any atom is -0.376 e. The van der Waals surface area contributed by atoms with Crippen LogP contribution in [0, 0.1) is 12.7 Å². The third kappa shape index (κ3) is 5.15. The number of carbonyl (C=O) groups is 1. The number of benzene rings is 1. The van der Waals surface area contributed by atoms with Crippen LogP contribution in [0.25, 0.3) is 0 Å². The molecular formula is C17H21FN4O2S2. The van der Waals surface area contributed by atoms with E-state index in [2.05, 4.69) is 20.8 Å². The Morgan fingerprint density at radius 1 is 1.50 bits per heavy atom. The molecule has 2 unspecified atom stereocenters. The molecule has 1 aromatic heterocycles. The summed E-state index contributed by atoms with van der Waals surface area (Å²) in [6, 6.07) is 4.65. The first kappa shape index (κ1) is 19.1. The Labute approximate surface area is 159 Å². The van der Waals surface area contributed by atoms with Crippen molar-refractivity contribution in [2.75, 3.05) is 23.8 Å². The molecule has 2 aromatic rings. The number of nitrogens with zero attached hydrogens (tertiary/aromatic N) is 2. The van der Waals surface area contributed by atoms with Crippen LogP contribution in [0.15, 0.2) is 22.5 Å². The van der Waals surface area contributed by atoms with Gasteiger partial charge in [0, 0.05) is 18.8 Å². The van der Waals surface area contributed by atoms with Gasteiger partial charge in [-0.2, -0.15) is 0 Å². The van der Waals surface area contributed by atoms with Gasteiger partial charge in [0.1, 0.15) is 5.82 Å². The Morgan fingerprint density at radius 3 is 3.08 bits per heavy atom. The normalized spacial score (nSPS) is 17.9. The summed E-state index contributed by atoms with van der Waals surface area (Å²) in [6.45, 7) is 5.00. The highest BCUT2D eigenvalue weighted by Gasteiger charge is 2.19. The zero-order valence-electron chi connectivity index (χ0n) is 14.6. The van der Waals surface area contributed by atoms with Crippen LogP contribution < -0.4 is 10.6 Å². The Bertz CT molecular complexity index is 765. The number of hydrogen-bond donors (Lipinski definition) is 2. The molecule has 0 radical (unpaired) electrons. The molecule has 1 aliphatic rings. The van der Waals surface area contributed by atoms with E-state index < -0.39 is 0 Å². The molecule has 3 rings (SSSR count). The molecule has 2 heterocycles. The number of aryl methyl sites for hydroxylation is 1. The highest BCUT2D eigenvalue weighted by atomic mass is 32.2. The first-order valence-electron chi connectivity index (χ1n) is 8.44. The monoisotopic (exact) mass is 396 g/mol. The predicted octanol–water partition coefficient (Wildman–Crippen LogP) is 3.70. The number of hydrogen-bond acceptors (Lipinski definition) is 7. The maximum Gasteiger partial charge on any atom is 0.237 e. The van der Waals surface area contributed by atoms with Gasteiger partial charge in [0.05, 0.1) is 11.4 Å². The molecule has 2 N–H and O–H groups in total. The molecule has 140 valence electrons. The molecule has 0 saturated carbocycles. The Kier molecular flexibility index (Phi) is 6.44. The number of thioether (sulfide) groups is 1. The van der Waals surface area contributed by atoms with Gasteiger partial charge in [0.15, 0.2) is 4.34 Å². The quantitative estimate of drug-likeness (QED) is 0.695. The van der Waals surface area contributed by atoms with Crippen LogP contribution >= 0.6 is 23.1 Å². The standard InChI is InChI=1S/C17H21FN4O2S2/c1-10-5-6-12(8-14(10)18)20-15(23)11(2)25-17-22-21-16(26-17)19-9-13-4-3-7-24-13/h5-6,8,11,13H,3-4,7,9H2,1-2H3,(H,19,21)(H,20,23). The van der Waals surface area contributed by atoms with Crippen molar-refractivity contribution in [1.29, 1.82) is 0 Å². The molecule has 1 saturated heterocycles. The first-order valence-corrected chi connectivity index (χ1v) is 10.1. The van der Waals surface area contributed by atoms with Gasteiger partial charge in [0.2, 0.25) is 11.0 Å². The van der Waals surface area contributed by atoms with E-state index in [1.807, 2.05) is 0 Å². The van der Waals surface area contributed by atoms with Crippen LogP contribution in [0.3, 0.4) is 0 Å². The summed E-state index contributed by atoms with van der Waals surface area (Å²) in [4.78, 5) is 12.3. The lowest BCUT2D eigenvalue weighted by Gasteiger charge is -2.11. The largest absolute Gasteiger partial charge is 0.376 e. The molecule has 26 heavy (non-hydrogen) atoms. The van der Waals surface area contributed by atoms with Crippen LogP contribution in [0.4, 0.5) is 15.2 Å². The van der Waals surface area contributed by atoms with Gasteiger partial charge in [-0.05, 0) is 44.4 Å². The fourth-order valence-corrected chi connectivity index (χ4v) is 4.36. The van der Waals surface area contributed by atoms with E-state index in [0.29, 0.717) is 22.1 Å². The summed E-state index contributed by atoms with van der Waals surface area (Å²) in [5, 5.41) is 14.5. The number of amides is 1. The Balaban J connectivity index is 1.49. The van der Waals surface area contributed by atoms with Crippen molar-refractivity contribution in [3.8, 4) is 0 Å². The smallest absolute Gasteiger partial charge is 0.237 e. The number of halogens is 1. The average molecular weight is 397 g/mol. The van der Waals surface area contributed by atoms with E-state index in [1.54, 1.807) is 26.0 Å². The van der Waals surface area contributed by atoms with Crippen molar-refractivity contribution in [3.05, 3.63) is 29.6 Å². The number of carbonyl (C=O) groups excluding carboxylic acids is 1. The van der Waals surface area contributed by atoms with E-state index in [9.17, 15) is 9.18 Å². The molecule has 1 fully saturated rings. The van der Waals surface area contributed by atoms with Crippen LogP contribution in [-0.4, -0.2) is 40.6 Å². The summed E-state index contributed by atoms with van der Waals surface area (Å²) in [5.74, 6) is -0.545. The lowest BCUT2D eigenvalue weighted by atomic mass is 10.2. The second-order valence-corrected chi connectivity index (χ2v) is 8.67. The van der Waals surface area contributed by atoms with E-state index in [-0.39, 0.29) is 23.1 Å². The van der Waals surface area contributed by atoms with Gasteiger partial charge >= 0.3 is 0 Å². The molecule has 2 atom stereocenters. The summed E-state index contributed by atoms with van der Waals surface area (Å²) in [5.41, 5.74) is 0.990. The fraction of sp³-hybridized carbons (Fsp3) is 0.471. The Hall–Kier alpha value is -1.71. The van der Waals surface area contributed by atoms with E-state index in [4.69, 9.17) is 4.74 Å². The summed E-state index contributed by atoms with van der Waals surface area (Å²) in [6.07, 6.45) is 2.39. The van der Waals surface area contributed by atoms with Crippen molar-refractivity contribution in [2.24, 2.45) is 0 Å². The molecule has 6 nitrogen and oxygen atoms in total. The van der Waals surface area contributed by atoms with Crippen molar-refractivity contribution < 1.29 is 13.9 Å². The molecule has 9 heteroatoms. The SMILES string of the molecule is Cc1ccc(NC(=O)C(C)Sc2nnc(NCC3CCCO3)s2)cc1F. The van der Waals surface area contributed by atoms with Crippen molar-refractivity contribution in [1.82, 2.24) is 10.2 Å². The lowest BCUT2D eigenvalue weighted by Crippen LogP contribution is -2.22. The minimum absolute atomic E-state index is 0.206. The van der Waals surface area contributed by atoms with Crippen molar-refractivity contribution in [2.45, 2.75) is 42.4 Å². The van der Waals surface area contributed by atoms with Crippen LogP contribution in [0.1, 0.15) is 25.3 Å². The number of anilines is 2. The molecular weight excluding hydrogens is 375 g/mol. The maximum absolute atomic E-state index is 13.6. The molecule has 1 aromatic carbocycles. The van der Waals surface area contributed by atoms with Crippen LogP contribution in [0.2, 0.25) is 0 Å². The highest BCUT2D eigenvalue weighted by Crippen LogP contribution is 2.29. The summed E-state index contributed by atoms with van der Waals surface area (Å²) < 4.78 is 19.8. The van der Waals surface area contributed by atoms with Crippen LogP contribution in [-0.2, 0) is 9.53 Å². The van der Waals surface area contributed by atoms with Crippen LogP contribution in [0.5, 0.6) is 0 Å². The second kappa shape index (κ2) is 8.79. The number of aromatic nitrogens is 2. The third-order valence-corrected chi connectivity index (χ3v) is 6.06. The molecule has 0 aliphatic carbocycles. The summed E-state index contributed by atoms with van der Waals surface area (Å²) in [7, 11) is 0. The predicted molar refractivity (Wildman–Crippen MR) is 102 cm³/mol. The summed E-state index contributed by atoms with van der Waals surface area (Å²) >= 11 is 2.73. The van der Waals surface area contributed by atoms with E-state index in [0.717, 1.165) is 24.6 Å². The van der Waals surface area contributed by atoms with Crippen molar-refractivity contribution >= 4 is 39.8 Å². The molecule has 0 spiro atoms.